The van der Waals surface area contributed by atoms with Crippen molar-refractivity contribution in [3.63, 3.8) is 0 Å². The third-order valence-electron chi connectivity index (χ3n) is 2.12. The van der Waals surface area contributed by atoms with Crippen LogP contribution in [0.2, 0.25) is 10.0 Å². The van der Waals surface area contributed by atoms with Gasteiger partial charge in [0.2, 0.25) is 0 Å². The summed E-state index contributed by atoms with van der Waals surface area (Å²) in [5, 5.41) is 0.538. The van der Waals surface area contributed by atoms with Crippen molar-refractivity contribution in [2.45, 2.75) is 6.10 Å². The number of Topliss-reactive ketones (excluding diaryl/α,β-unsaturated/α-hetero) is 2. The van der Waals surface area contributed by atoms with E-state index in [9.17, 15) is 14.4 Å². The number of hydrogen-bond donors (Lipinski definition) is 0. The Morgan fingerprint density at radius 1 is 1.06 bits per heavy atom. The molecule has 2 rings (SSSR count). The van der Waals surface area contributed by atoms with Crippen molar-refractivity contribution in [3.05, 3.63) is 33.8 Å². The number of cyclic esters (lactones) is 1. The highest BCUT2D eigenvalue weighted by Gasteiger charge is 2.43. The van der Waals surface area contributed by atoms with Gasteiger partial charge in [-0.1, -0.05) is 29.3 Å². The lowest BCUT2D eigenvalue weighted by Crippen LogP contribution is -2.14. The Kier molecular flexibility index (Phi) is 2.69. The van der Waals surface area contributed by atoms with Crippen molar-refractivity contribution in [3.8, 4) is 0 Å². The van der Waals surface area contributed by atoms with Crippen molar-refractivity contribution in [1.82, 2.24) is 0 Å². The van der Waals surface area contributed by atoms with E-state index in [1.807, 2.05) is 0 Å². The lowest BCUT2D eigenvalue weighted by Gasteiger charge is -2.07. The van der Waals surface area contributed by atoms with Gasteiger partial charge in [-0.3, -0.25) is 9.59 Å². The van der Waals surface area contributed by atoms with E-state index >= 15 is 0 Å². The van der Waals surface area contributed by atoms with Crippen LogP contribution in [0.15, 0.2) is 18.2 Å². The molecule has 1 atom stereocenters. The van der Waals surface area contributed by atoms with Gasteiger partial charge in [-0.25, -0.2) is 4.79 Å². The third kappa shape index (κ3) is 1.70. The maximum atomic E-state index is 11.3. The van der Waals surface area contributed by atoms with E-state index in [1.54, 1.807) is 0 Å². The highest BCUT2D eigenvalue weighted by Crippen LogP contribution is 2.30. The Morgan fingerprint density at radius 2 is 1.75 bits per heavy atom. The van der Waals surface area contributed by atoms with E-state index in [4.69, 9.17) is 23.2 Å². The number of carbonyl (C=O) groups excluding carboxylic acids is 3. The van der Waals surface area contributed by atoms with Gasteiger partial charge in [0.1, 0.15) is 0 Å². The molecule has 0 N–H and O–H groups in total. The van der Waals surface area contributed by atoms with Crippen molar-refractivity contribution in [1.29, 1.82) is 0 Å². The van der Waals surface area contributed by atoms with Gasteiger partial charge in [-0.05, 0) is 12.1 Å². The lowest BCUT2D eigenvalue weighted by atomic mass is 10.1. The number of hydrogen-bond acceptors (Lipinski definition) is 4. The van der Waals surface area contributed by atoms with E-state index in [-0.39, 0.29) is 5.02 Å². The van der Waals surface area contributed by atoms with Crippen LogP contribution in [0, 0.1) is 0 Å². The molecular formula is C10H4Cl2O4. The number of carbonyl (C=O) groups is 3. The van der Waals surface area contributed by atoms with Gasteiger partial charge in [0.15, 0.2) is 6.10 Å². The predicted molar refractivity (Wildman–Crippen MR) is 55.3 cm³/mol. The Bertz CT molecular complexity index is 510. The van der Waals surface area contributed by atoms with Crippen LogP contribution in [0.3, 0.4) is 0 Å². The Morgan fingerprint density at radius 3 is 2.25 bits per heavy atom. The second-order valence-corrected chi connectivity index (χ2v) is 3.97. The molecule has 0 aromatic heterocycles. The van der Waals surface area contributed by atoms with Gasteiger partial charge in [-0.15, -0.1) is 0 Å². The molecule has 0 unspecified atom stereocenters. The molecule has 1 saturated heterocycles. The summed E-state index contributed by atoms with van der Waals surface area (Å²) < 4.78 is 4.63. The number of rotatable bonds is 1. The minimum absolute atomic E-state index is 0.224. The number of benzene rings is 1. The fraction of sp³-hybridized carbons (Fsp3) is 0.100. The van der Waals surface area contributed by atoms with Crippen molar-refractivity contribution in [2.24, 2.45) is 0 Å². The standard InChI is InChI=1S/C10H4Cl2O4/c11-5-2-1-4(3-6(5)12)9-7(13)8(14)10(15)16-9/h1-3,9H/t9-/m0/s1. The van der Waals surface area contributed by atoms with E-state index < -0.39 is 23.6 Å². The monoisotopic (exact) mass is 258 g/mol. The first-order valence-electron chi connectivity index (χ1n) is 4.25. The largest absolute Gasteiger partial charge is 0.443 e. The maximum absolute atomic E-state index is 11.3. The van der Waals surface area contributed by atoms with Crippen LogP contribution in [0.1, 0.15) is 11.7 Å². The van der Waals surface area contributed by atoms with Crippen molar-refractivity contribution in [2.75, 3.05) is 0 Å². The second-order valence-electron chi connectivity index (χ2n) is 3.15. The number of halogens is 2. The fourth-order valence-electron chi connectivity index (χ4n) is 1.33. The van der Waals surface area contributed by atoms with Crippen molar-refractivity contribution < 1.29 is 19.1 Å². The van der Waals surface area contributed by atoms with Crippen LogP contribution in [0.25, 0.3) is 0 Å². The van der Waals surface area contributed by atoms with Crippen LogP contribution < -0.4 is 0 Å². The zero-order valence-corrected chi connectivity index (χ0v) is 9.21. The first-order valence-corrected chi connectivity index (χ1v) is 5.00. The second kappa shape index (κ2) is 3.88. The first kappa shape index (κ1) is 11.1. The molecule has 1 aromatic rings. The molecule has 1 heterocycles. The molecule has 0 saturated carbocycles. The quantitative estimate of drug-likeness (QED) is 0.569. The van der Waals surface area contributed by atoms with Crippen LogP contribution in [-0.2, 0) is 19.1 Å². The molecule has 0 aliphatic carbocycles. The number of esters is 1. The molecule has 6 heteroatoms. The van der Waals surface area contributed by atoms with Gasteiger partial charge >= 0.3 is 11.8 Å². The molecule has 1 aliphatic heterocycles. The van der Waals surface area contributed by atoms with Gasteiger partial charge in [0.25, 0.3) is 5.78 Å². The average molecular weight is 259 g/mol. The normalized spacial score (nSPS) is 20.1. The van der Waals surface area contributed by atoms with Crippen LogP contribution in [-0.4, -0.2) is 17.5 Å². The summed E-state index contributed by atoms with van der Waals surface area (Å²) in [4.78, 5) is 33.2. The van der Waals surface area contributed by atoms with E-state index in [0.29, 0.717) is 10.6 Å². The number of ether oxygens (including phenoxy) is 1. The molecule has 0 amide bonds. The summed E-state index contributed by atoms with van der Waals surface area (Å²) in [6.45, 7) is 0. The SMILES string of the molecule is O=C1O[C@@H](c2ccc(Cl)c(Cl)c2)C(=O)C1=O. The van der Waals surface area contributed by atoms with Gasteiger partial charge < -0.3 is 4.74 Å². The average Bonchev–Trinajstić information content (AvgIpc) is 2.50. The number of ketones is 2. The predicted octanol–water partition coefficient (Wildman–Crippen LogP) is 1.73. The van der Waals surface area contributed by atoms with Crippen LogP contribution >= 0.6 is 23.2 Å². The summed E-state index contributed by atoms with van der Waals surface area (Å²) in [6, 6.07) is 4.32. The molecule has 82 valence electrons. The van der Waals surface area contributed by atoms with Gasteiger partial charge in [0.05, 0.1) is 10.0 Å². The zero-order chi connectivity index (χ0) is 11.9. The molecule has 1 aliphatic rings. The minimum Gasteiger partial charge on any atom is -0.443 e. The lowest BCUT2D eigenvalue weighted by molar-refractivity contribution is -0.149. The summed E-state index contributed by atoms with van der Waals surface area (Å²) in [5.74, 6) is -3.17. The first-order chi connectivity index (χ1) is 7.50. The summed E-state index contributed by atoms with van der Waals surface area (Å²) in [6.07, 6.45) is -1.20. The molecule has 0 radical (unpaired) electrons. The zero-order valence-electron chi connectivity index (χ0n) is 7.70. The minimum atomic E-state index is -1.20. The van der Waals surface area contributed by atoms with Crippen LogP contribution in [0.4, 0.5) is 0 Å². The molecule has 0 bridgehead atoms. The Hall–Kier alpha value is -1.39. The molecule has 0 spiro atoms. The van der Waals surface area contributed by atoms with Crippen LogP contribution in [0.5, 0.6) is 0 Å². The Labute approximate surface area is 100 Å². The van der Waals surface area contributed by atoms with E-state index in [1.165, 1.54) is 18.2 Å². The maximum Gasteiger partial charge on any atom is 0.384 e. The molecule has 16 heavy (non-hydrogen) atoms. The molecule has 4 nitrogen and oxygen atoms in total. The fourth-order valence-corrected chi connectivity index (χ4v) is 1.64. The summed E-state index contributed by atoms with van der Waals surface area (Å²) in [7, 11) is 0. The van der Waals surface area contributed by atoms with Crippen molar-refractivity contribution >= 4 is 40.7 Å². The highest BCUT2D eigenvalue weighted by molar-refractivity contribution is 6.65. The smallest absolute Gasteiger partial charge is 0.384 e. The topological polar surface area (TPSA) is 60.4 Å². The molecule has 1 fully saturated rings. The highest BCUT2D eigenvalue weighted by atomic mass is 35.5. The summed E-state index contributed by atoms with van der Waals surface area (Å²) in [5.41, 5.74) is 0.332. The summed E-state index contributed by atoms with van der Waals surface area (Å²) >= 11 is 11.4. The van der Waals surface area contributed by atoms with E-state index in [2.05, 4.69) is 4.74 Å². The molecular weight excluding hydrogens is 255 g/mol. The molecule has 1 aromatic carbocycles. The third-order valence-corrected chi connectivity index (χ3v) is 2.86. The van der Waals surface area contributed by atoms with E-state index in [0.717, 1.165) is 0 Å². The van der Waals surface area contributed by atoms with Gasteiger partial charge in [-0.2, -0.15) is 0 Å². The Balaban J connectivity index is 2.39. The van der Waals surface area contributed by atoms with Gasteiger partial charge in [0, 0.05) is 5.56 Å².